The first-order valence-electron chi connectivity index (χ1n) is 8.18. The monoisotopic (exact) mass is 296 g/mol. The van der Waals surface area contributed by atoms with E-state index in [0.29, 0.717) is 19.1 Å². The number of esters is 2. The Morgan fingerprint density at radius 3 is 2.33 bits per heavy atom. The van der Waals surface area contributed by atoms with Crippen molar-refractivity contribution in [1.82, 2.24) is 0 Å². The van der Waals surface area contributed by atoms with Crippen LogP contribution in [-0.4, -0.2) is 25.2 Å². The van der Waals surface area contributed by atoms with Gasteiger partial charge < -0.3 is 9.47 Å². The third-order valence-corrected chi connectivity index (χ3v) is 3.69. The molecule has 1 rings (SSSR count). The Bertz CT molecular complexity index is 330. The maximum Gasteiger partial charge on any atom is 0.306 e. The molecule has 0 aromatic heterocycles. The van der Waals surface area contributed by atoms with E-state index in [1.54, 1.807) is 0 Å². The van der Waals surface area contributed by atoms with Gasteiger partial charge in [0.15, 0.2) is 0 Å². The number of allylic oxidation sites excluding steroid dienone is 1. The first-order valence-corrected chi connectivity index (χ1v) is 8.18. The normalized spacial score (nSPS) is 16.0. The highest BCUT2D eigenvalue weighted by atomic mass is 16.5. The molecule has 0 saturated heterocycles. The molecule has 1 aliphatic carbocycles. The predicted molar refractivity (Wildman–Crippen MR) is 81.8 cm³/mol. The van der Waals surface area contributed by atoms with E-state index in [2.05, 4.69) is 6.92 Å². The second kappa shape index (κ2) is 11.4. The number of hydrogen-bond donors (Lipinski definition) is 0. The first-order chi connectivity index (χ1) is 10.2. The molecule has 1 saturated carbocycles. The fourth-order valence-electron chi connectivity index (χ4n) is 2.44. The molecule has 21 heavy (non-hydrogen) atoms. The molecule has 4 nitrogen and oxygen atoms in total. The summed E-state index contributed by atoms with van der Waals surface area (Å²) in [5.74, 6) is -0.0991. The van der Waals surface area contributed by atoms with E-state index in [1.807, 2.05) is 12.2 Å². The number of hydrogen-bond acceptors (Lipinski definition) is 4. The van der Waals surface area contributed by atoms with Crippen LogP contribution in [0, 0.1) is 5.92 Å². The molecule has 1 fully saturated rings. The molecule has 0 heterocycles. The van der Waals surface area contributed by atoms with Crippen LogP contribution in [0.4, 0.5) is 0 Å². The van der Waals surface area contributed by atoms with Gasteiger partial charge in [0.1, 0.15) is 0 Å². The Balaban J connectivity index is 2.00. The summed E-state index contributed by atoms with van der Waals surface area (Å²) in [6.45, 7) is 2.95. The van der Waals surface area contributed by atoms with Crippen molar-refractivity contribution in [3.63, 3.8) is 0 Å². The second-order valence-electron chi connectivity index (χ2n) is 5.58. The van der Waals surface area contributed by atoms with E-state index in [-0.39, 0.29) is 24.8 Å². The molecule has 0 bridgehead atoms. The zero-order valence-corrected chi connectivity index (χ0v) is 13.1. The predicted octanol–water partition coefficient (Wildman–Crippen LogP) is 3.79. The maximum atomic E-state index is 11.6. The molecule has 0 N–H and O–H groups in total. The molecular formula is C17H28O4. The van der Waals surface area contributed by atoms with Crippen LogP contribution < -0.4 is 0 Å². The highest BCUT2D eigenvalue weighted by molar-refractivity contribution is 5.77. The Labute approximate surface area is 127 Å². The first kappa shape index (κ1) is 17.7. The van der Waals surface area contributed by atoms with Crippen molar-refractivity contribution in [3.05, 3.63) is 12.2 Å². The Morgan fingerprint density at radius 2 is 1.67 bits per heavy atom. The molecular weight excluding hydrogens is 268 g/mol. The number of carbonyl (C=O) groups is 2. The van der Waals surface area contributed by atoms with E-state index >= 15 is 0 Å². The van der Waals surface area contributed by atoms with Crippen LogP contribution in [0.15, 0.2) is 12.2 Å². The Morgan fingerprint density at radius 1 is 1.00 bits per heavy atom. The van der Waals surface area contributed by atoms with Gasteiger partial charge in [0.2, 0.25) is 0 Å². The van der Waals surface area contributed by atoms with Crippen molar-refractivity contribution in [2.75, 3.05) is 13.2 Å². The Kier molecular flexibility index (Phi) is 9.58. The van der Waals surface area contributed by atoms with Crippen molar-refractivity contribution in [2.45, 2.75) is 64.7 Å². The molecule has 0 spiro atoms. The molecule has 0 aromatic carbocycles. The van der Waals surface area contributed by atoms with Crippen LogP contribution in [0.25, 0.3) is 0 Å². The van der Waals surface area contributed by atoms with Crippen LogP contribution in [0.5, 0.6) is 0 Å². The number of ether oxygens (including phenoxy) is 2. The van der Waals surface area contributed by atoms with Gasteiger partial charge in [-0.2, -0.15) is 0 Å². The van der Waals surface area contributed by atoms with Crippen LogP contribution in [0.3, 0.4) is 0 Å². The second-order valence-corrected chi connectivity index (χ2v) is 5.58. The summed E-state index contributed by atoms with van der Waals surface area (Å²) in [4.78, 5) is 23.0. The summed E-state index contributed by atoms with van der Waals surface area (Å²) in [5, 5.41) is 0. The van der Waals surface area contributed by atoms with Crippen LogP contribution in [0.1, 0.15) is 64.7 Å². The van der Waals surface area contributed by atoms with Gasteiger partial charge in [0.05, 0.1) is 26.1 Å². The average molecular weight is 296 g/mol. The van der Waals surface area contributed by atoms with Crippen molar-refractivity contribution >= 4 is 11.9 Å². The molecule has 120 valence electrons. The van der Waals surface area contributed by atoms with E-state index < -0.39 is 0 Å². The lowest BCUT2D eigenvalue weighted by Gasteiger charge is -2.20. The Hall–Kier alpha value is -1.32. The molecule has 1 aliphatic rings. The van der Waals surface area contributed by atoms with Gasteiger partial charge >= 0.3 is 11.9 Å². The number of carbonyl (C=O) groups excluding carboxylic acids is 2. The standard InChI is InChI=1S/C17H28O4/c1-2-3-4-8-13-20-16(18)11-12-17(19)21-14-15-9-6-5-7-10-15/h3-4,15H,2,5-14H2,1H3/b4-3-. The molecule has 0 atom stereocenters. The molecule has 0 unspecified atom stereocenters. The minimum absolute atomic E-state index is 0.112. The molecule has 0 amide bonds. The van der Waals surface area contributed by atoms with Gasteiger partial charge in [0.25, 0.3) is 0 Å². The topological polar surface area (TPSA) is 52.6 Å². The van der Waals surface area contributed by atoms with Crippen LogP contribution >= 0.6 is 0 Å². The summed E-state index contributed by atoms with van der Waals surface area (Å²) < 4.78 is 10.3. The summed E-state index contributed by atoms with van der Waals surface area (Å²) in [5.41, 5.74) is 0. The SMILES string of the molecule is CC/C=C\CCOC(=O)CCC(=O)OCC1CCCCC1. The van der Waals surface area contributed by atoms with Gasteiger partial charge in [0, 0.05) is 0 Å². The summed E-state index contributed by atoms with van der Waals surface area (Å²) in [7, 11) is 0. The van der Waals surface area contributed by atoms with Gasteiger partial charge in [-0.3, -0.25) is 9.59 Å². The molecule has 0 aromatic rings. The van der Waals surface area contributed by atoms with Crippen molar-refractivity contribution in [1.29, 1.82) is 0 Å². The minimum atomic E-state index is -0.325. The van der Waals surface area contributed by atoms with Gasteiger partial charge in [-0.15, -0.1) is 0 Å². The number of rotatable bonds is 9. The maximum absolute atomic E-state index is 11.6. The molecule has 0 aliphatic heterocycles. The lowest BCUT2D eigenvalue weighted by atomic mass is 9.90. The summed E-state index contributed by atoms with van der Waals surface area (Å²) in [6.07, 6.45) is 12.1. The highest BCUT2D eigenvalue weighted by Crippen LogP contribution is 2.23. The smallest absolute Gasteiger partial charge is 0.306 e. The lowest BCUT2D eigenvalue weighted by Crippen LogP contribution is -2.17. The minimum Gasteiger partial charge on any atom is -0.465 e. The van der Waals surface area contributed by atoms with Crippen LogP contribution in [-0.2, 0) is 19.1 Å². The molecule has 4 heteroatoms. The summed E-state index contributed by atoms with van der Waals surface area (Å²) in [6, 6.07) is 0. The van der Waals surface area contributed by atoms with E-state index in [4.69, 9.17) is 9.47 Å². The van der Waals surface area contributed by atoms with Gasteiger partial charge in [-0.05, 0) is 31.6 Å². The van der Waals surface area contributed by atoms with E-state index in [1.165, 1.54) is 19.3 Å². The zero-order chi connectivity index (χ0) is 15.3. The van der Waals surface area contributed by atoms with E-state index in [0.717, 1.165) is 25.7 Å². The third-order valence-electron chi connectivity index (χ3n) is 3.69. The van der Waals surface area contributed by atoms with Crippen molar-refractivity contribution in [3.8, 4) is 0 Å². The quantitative estimate of drug-likeness (QED) is 0.369. The van der Waals surface area contributed by atoms with Gasteiger partial charge in [-0.1, -0.05) is 38.3 Å². The van der Waals surface area contributed by atoms with E-state index in [9.17, 15) is 9.59 Å². The third kappa shape index (κ3) is 9.27. The summed E-state index contributed by atoms with van der Waals surface area (Å²) >= 11 is 0. The highest BCUT2D eigenvalue weighted by Gasteiger charge is 2.16. The average Bonchev–Trinajstić information content (AvgIpc) is 2.51. The van der Waals surface area contributed by atoms with Crippen molar-refractivity contribution in [2.24, 2.45) is 5.92 Å². The lowest BCUT2D eigenvalue weighted by molar-refractivity contribution is -0.151. The van der Waals surface area contributed by atoms with Gasteiger partial charge in [-0.25, -0.2) is 0 Å². The van der Waals surface area contributed by atoms with Crippen molar-refractivity contribution < 1.29 is 19.1 Å². The van der Waals surface area contributed by atoms with Crippen LogP contribution in [0.2, 0.25) is 0 Å². The zero-order valence-electron chi connectivity index (χ0n) is 13.1. The fourth-order valence-corrected chi connectivity index (χ4v) is 2.44. The fraction of sp³-hybridized carbons (Fsp3) is 0.765. The molecule has 0 radical (unpaired) electrons. The largest absolute Gasteiger partial charge is 0.465 e.